The Morgan fingerprint density at radius 3 is 3.00 bits per heavy atom. The number of nitrogens with one attached hydrogen (secondary N) is 1. The Hall–Kier alpha value is -1.61. The van der Waals surface area contributed by atoms with Crippen LogP contribution < -0.4 is 5.32 Å². The molecule has 1 aromatic carbocycles. The fraction of sp³-hybridized carbons (Fsp3) is 0.400. The lowest BCUT2D eigenvalue weighted by atomic mass is 10.0. The Bertz CT molecular complexity index is 488. The average molecular weight is 243 g/mol. The molecule has 0 saturated heterocycles. The number of nitrogens with zero attached hydrogens (tertiary/aromatic N) is 2. The molecule has 96 valence electrons. The highest BCUT2D eigenvalue weighted by Gasteiger charge is 2.04. The number of hydrogen-bond donors (Lipinski definition) is 1. The quantitative estimate of drug-likeness (QED) is 0.791. The standard InChI is InChI=1S/C15H21N3/c1-3-18-12-17-11-15(18)14-8-4-6-13(10-14)7-5-9-16-2/h4,6,8,10-12,16H,3,5,7,9H2,1-2H3. The van der Waals surface area contributed by atoms with Gasteiger partial charge < -0.3 is 9.88 Å². The molecule has 0 aliphatic rings. The summed E-state index contributed by atoms with van der Waals surface area (Å²) in [5.74, 6) is 0. The van der Waals surface area contributed by atoms with E-state index >= 15 is 0 Å². The fourth-order valence-corrected chi connectivity index (χ4v) is 2.17. The van der Waals surface area contributed by atoms with Crippen LogP contribution in [-0.4, -0.2) is 23.1 Å². The normalized spacial score (nSPS) is 10.8. The summed E-state index contributed by atoms with van der Waals surface area (Å²) in [6.45, 7) is 4.17. The maximum atomic E-state index is 4.23. The molecule has 0 saturated carbocycles. The van der Waals surface area contributed by atoms with Crippen LogP contribution in [0.5, 0.6) is 0 Å². The summed E-state index contributed by atoms with van der Waals surface area (Å²) in [4.78, 5) is 4.23. The Kier molecular flexibility index (Phi) is 4.53. The van der Waals surface area contributed by atoms with E-state index < -0.39 is 0 Å². The first-order chi connectivity index (χ1) is 8.85. The molecule has 0 radical (unpaired) electrons. The van der Waals surface area contributed by atoms with Gasteiger partial charge in [-0.2, -0.15) is 0 Å². The summed E-state index contributed by atoms with van der Waals surface area (Å²) < 4.78 is 2.17. The van der Waals surface area contributed by atoms with E-state index in [4.69, 9.17) is 0 Å². The lowest BCUT2D eigenvalue weighted by molar-refractivity contribution is 0.724. The van der Waals surface area contributed by atoms with Crippen molar-refractivity contribution in [1.82, 2.24) is 14.9 Å². The molecule has 0 aliphatic heterocycles. The molecule has 2 aromatic rings. The van der Waals surface area contributed by atoms with Gasteiger partial charge in [0.15, 0.2) is 0 Å². The van der Waals surface area contributed by atoms with Gasteiger partial charge in [-0.3, -0.25) is 0 Å². The molecule has 18 heavy (non-hydrogen) atoms. The Morgan fingerprint density at radius 2 is 2.22 bits per heavy atom. The minimum Gasteiger partial charge on any atom is -0.331 e. The van der Waals surface area contributed by atoms with E-state index in [1.54, 1.807) is 0 Å². The highest BCUT2D eigenvalue weighted by atomic mass is 15.0. The Labute approximate surface area is 109 Å². The van der Waals surface area contributed by atoms with Gasteiger partial charge in [0.1, 0.15) is 0 Å². The molecule has 2 rings (SSSR count). The molecule has 3 heteroatoms. The maximum Gasteiger partial charge on any atom is 0.0950 e. The average Bonchev–Trinajstić information content (AvgIpc) is 2.88. The van der Waals surface area contributed by atoms with Crippen molar-refractivity contribution in [1.29, 1.82) is 0 Å². The smallest absolute Gasteiger partial charge is 0.0950 e. The van der Waals surface area contributed by atoms with Crippen molar-refractivity contribution in [3.05, 3.63) is 42.4 Å². The van der Waals surface area contributed by atoms with Crippen molar-refractivity contribution in [2.24, 2.45) is 0 Å². The van der Waals surface area contributed by atoms with Crippen molar-refractivity contribution in [2.75, 3.05) is 13.6 Å². The maximum absolute atomic E-state index is 4.23. The van der Waals surface area contributed by atoms with Crippen LogP contribution >= 0.6 is 0 Å². The number of hydrogen-bond acceptors (Lipinski definition) is 2. The van der Waals surface area contributed by atoms with Gasteiger partial charge in [0.2, 0.25) is 0 Å². The number of aryl methyl sites for hydroxylation is 2. The lowest BCUT2D eigenvalue weighted by Crippen LogP contribution is -2.08. The second-order valence-electron chi connectivity index (χ2n) is 4.47. The first-order valence-corrected chi connectivity index (χ1v) is 6.59. The SMILES string of the molecule is CCn1cncc1-c1cccc(CCCNC)c1. The van der Waals surface area contributed by atoms with Gasteiger partial charge in [0.05, 0.1) is 18.2 Å². The summed E-state index contributed by atoms with van der Waals surface area (Å²) in [6, 6.07) is 8.77. The summed E-state index contributed by atoms with van der Waals surface area (Å²) in [5.41, 5.74) is 3.86. The summed E-state index contributed by atoms with van der Waals surface area (Å²) in [7, 11) is 2.00. The van der Waals surface area contributed by atoms with Crippen LogP contribution in [0.4, 0.5) is 0 Å². The van der Waals surface area contributed by atoms with Gasteiger partial charge in [-0.05, 0) is 45.0 Å². The molecule has 0 fully saturated rings. The monoisotopic (exact) mass is 243 g/mol. The number of benzene rings is 1. The van der Waals surface area contributed by atoms with Crippen LogP contribution in [0.2, 0.25) is 0 Å². The third-order valence-electron chi connectivity index (χ3n) is 3.17. The van der Waals surface area contributed by atoms with Crippen molar-refractivity contribution < 1.29 is 0 Å². The summed E-state index contributed by atoms with van der Waals surface area (Å²) in [5, 5.41) is 3.18. The number of imidazole rings is 1. The highest BCUT2D eigenvalue weighted by Crippen LogP contribution is 2.20. The molecule has 0 bridgehead atoms. The van der Waals surface area contributed by atoms with E-state index in [0.29, 0.717) is 0 Å². The van der Waals surface area contributed by atoms with E-state index in [2.05, 4.69) is 46.1 Å². The van der Waals surface area contributed by atoms with Crippen LogP contribution in [0, 0.1) is 0 Å². The summed E-state index contributed by atoms with van der Waals surface area (Å²) in [6.07, 6.45) is 6.13. The molecular formula is C15H21N3. The predicted octanol–water partition coefficient (Wildman–Crippen LogP) is 2.72. The minimum atomic E-state index is 0.958. The van der Waals surface area contributed by atoms with E-state index in [0.717, 1.165) is 19.5 Å². The van der Waals surface area contributed by atoms with Crippen molar-refractivity contribution >= 4 is 0 Å². The number of rotatable bonds is 6. The summed E-state index contributed by atoms with van der Waals surface area (Å²) >= 11 is 0. The zero-order chi connectivity index (χ0) is 12.8. The molecule has 1 N–H and O–H groups in total. The third kappa shape index (κ3) is 2.99. The Balaban J connectivity index is 2.16. The van der Waals surface area contributed by atoms with Crippen LogP contribution in [0.25, 0.3) is 11.3 Å². The minimum absolute atomic E-state index is 0.958. The van der Waals surface area contributed by atoms with Gasteiger partial charge in [0.25, 0.3) is 0 Å². The molecule has 0 spiro atoms. The predicted molar refractivity (Wildman–Crippen MR) is 75.6 cm³/mol. The zero-order valence-corrected chi connectivity index (χ0v) is 11.2. The Morgan fingerprint density at radius 1 is 1.33 bits per heavy atom. The van der Waals surface area contributed by atoms with Crippen molar-refractivity contribution in [3.63, 3.8) is 0 Å². The molecule has 0 atom stereocenters. The molecule has 0 unspecified atom stereocenters. The first kappa shape index (κ1) is 12.8. The fourth-order valence-electron chi connectivity index (χ4n) is 2.17. The van der Waals surface area contributed by atoms with Gasteiger partial charge in [-0.25, -0.2) is 4.98 Å². The topological polar surface area (TPSA) is 29.9 Å². The van der Waals surface area contributed by atoms with Gasteiger partial charge in [-0.1, -0.05) is 18.2 Å². The van der Waals surface area contributed by atoms with Crippen molar-refractivity contribution in [3.8, 4) is 11.3 Å². The first-order valence-electron chi connectivity index (χ1n) is 6.59. The van der Waals surface area contributed by atoms with Crippen LogP contribution in [-0.2, 0) is 13.0 Å². The van der Waals surface area contributed by atoms with E-state index in [1.165, 1.54) is 23.2 Å². The second-order valence-corrected chi connectivity index (χ2v) is 4.47. The third-order valence-corrected chi connectivity index (χ3v) is 3.17. The van der Waals surface area contributed by atoms with E-state index in [-0.39, 0.29) is 0 Å². The zero-order valence-electron chi connectivity index (χ0n) is 11.2. The van der Waals surface area contributed by atoms with Gasteiger partial charge >= 0.3 is 0 Å². The van der Waals surface area contributed by atoms with Crippen LogP contribution in [0.15, 0.2) is 36.8 Å². The molecule has 3 nitrogen and oxygen atoms in total. The largest absolute Gasteiger partial charge is 0.331 e. The van der Waals surface area contributed by atoms with Gasteiger partial charge in [0, 0.05) is 12.1 Å². The van der Waals surface area contributed by atoms with Crippen LogP contribution in [0.3, 0.4) is 0 Å². The highest BCUT2D eigenvalue weighted by molar-refractivity contribution is 5.59. The lowest BCUT2D eigenvalue weighted by Gasteiger charge is -2.07. The molecule has 0 aliphatic carbocycles. The molecule has 0 amide bonds. The van der Waals surface area contributed by atoms with Crippen LogP contribution in [0.1, 0.15) is 18.9 Å². The number of aromatic nitrogens is 2. The molecule has 1 heterocycles. The second kappa shape index (κ2) is 6.36. The van der Waals surface area contributed by atoms with E-state index in [1.807, 2.05) is 19.6 Å². The van der Waals surface area contributed by atoms with E-state index in [9.17, 15) is 0 Å². The molecule has 1 aromatic heterocycles. The molecular weight excluding hydrogens is 222 g/mol. The van der Waals surface area contributed by atoms with Gasteiger partial charge in [-0.15, -0.1) is 0 Å². The van der Waals surface area contributed by atoms with Crippen molar-refractivity contribution in [2.45, 2.75) is 26.3 Å².